The zero-order valence-corrected chi connectivity index (χ0v) is 13.7. The number of benzene rings is 2. The van der Waals surface area contributed by atoms with Gasteiger partial charge in [0.2, 0.25) is 0 Å². The number of nitrogens with one attached hydrogen (secondary N) is 1. The maximum Gasteiger partial charge on any atom is 0.337 e. The first-order valence-electron chi connectivity index (χ1n) is 7.01. The Morgan fingerprint density at radius 2 is 1.92 bits per heavy atom. The van der Waals surface area contributed by atoms with Gasteiger partial charge in [0, 0.05) is 5.39 Å². The molecule has 0 spiro atoms. The fourth-order valence-electron chi connectivity index (χ4n) is 2.39. The third-order valence-corrected chi connectivity index (χ3v) is 5.07. The standard InChI is InChI=1S/C16H14N2O5S/c1-9-7-14-12(10(2)17-23-14)8-13(9)18-24(21,22)15-6-4-3-5-11(15)16(19)20/h3-8,18H,1-2H3,(H,19,20). The molecule has 0 aliphatic rings. The molecule has 0 fully saturated rings. The number of hydrogen-bond donors (Lipinski definition) is 2. The number of hydrogen-bond acceptors (Lipinski definition) is 5. The van der Waals surface area contributed by atoms with Crippen LogP contribution in [0.4, 0.5) is 5.69 Å². The Labute approximate surface area is 137 Å². The van der Waals surface area contributed by atoms with E-state index in [0.717, 1.165) is 0 Å². The summed E-state index contributed by atoms with van der Waals surface area (Å²) < 4.78 is 32.8. The lowest BCUT2D eigenvalue weighted by atomic mass is 10.1. The van der Waals surface area contributed by atoms with Crippen molar-refractivity contribution in [1.29, 1.82) is 0 Å². The maximum atomic E-state index is 12.6. The molecule has 0 aliphatic carbocycles. The van der Waals surface area contributed by atoms with Crippen LogP contribution in [0.2, 0.25) is 0 Å². The summed E-state index contributed by atoms with van der Waals surface area (Å²) in [5.41, 5.74) is 1.88. The van der Waals surface area contributed by atoms with Gasteiger partial charge in [-0.25, -0.2) is 13.2 Å². The summed E-state index contributed by atoms with van der Waals surface area (Å²) in [7, 11) is -4.06. The lowest BCUT2D eigenvalue weighted by molar-refractivity contribution is 0.0692. The van der Waals surface area contributed by atoms with E-state index in [1.807, 2.05) is 0 Å². The summed E-state index contributed by atoms with van der Waals surface area (Å²) in [5, 5.41) is 13.7. The molecule has 0 saturated carbocycles. The van der Waals surface area contributed by atoms with Crippen LogP contribution in [0.15, 0.2) is 45.8 Å². The van der Waals surface area contributed by atoms with Gasteiger partial charge < -0.3 is 9.63 Å². The normalized spacial score (nSPS) is 11.6. The fraction of sp³-hybridized carbons (Fsp3) is 0.125. The van der Waals surface area contributed by atoms with Crippen LogP contribution in [0, 0.1) is 13.8 Å². The molecule has 24 heavy (non-hydrogen) atoms. The Balaban J connectivity index is 2.09. The largest absolute Gasteiger partial charge is 0.478 e. The number of anilines is 1. The molecule has 3 aromatic rings. The van der Waals surface area contributed by atoms with Crippen molar-refractivity contribution in [2.24, 2.45) is 0 Å². The van der Waals surface area contributed by atoms with E-state index in [9.17, 15) is 18.3 Å². The van der Waals surface area contributed by atoms with Gasteiger partial charge in [-0.1, -0.05) is 17.3 Å². The maximum absolute atomic E-state index is 12.6. The quantitative estimate of drug-likeness (QED) is 0.751. The Morgan fingerprint density at radius 1 is 1.21 bits per heavy atom. The molecule has 0 aliphatic heterocycles. The minimum Gasteiger partial charge on any atom is -0.478 e. The molecule has 0 unspecified atom stereocenters. The van der Waals surface area contributed by atoms with Gasteiger partial charge in [0.15, 0.2) is 5.58 Å². The number of fused-ring (bicyclic) bond motifs is 1. The lowest BCUT2D eigenvalue weighted by Crippen LogP contribution is -2.17. The summed E-state index contributed by atoms with van der Waals surface area (Å²) in [6.45, 7) is 3.47. The summed E-state index contributed by atoms with van der Waals surface area (Å²) in [5.74, 6) is -1.31. The highest BCUT2D eigenvalue weighted by Gasteiger charge is 2.23. The smallest absolute Gasteiger partial charge is 0.337 e. The number of sulfonamides is 1. The number of aryl methyl sites for hydroxylation is 2. The van der Waals surface area contributed by atoms with Crippen molar-refractivity contribution >= 4 is 32.6 Å². The topological polar surface area (TPSA) is 110 Å². The zero-order chi connectivity index (χ0) is 17.5. The van der Waals surface area contributed by atoms with E-state index in [1.165, 1.54) is 24.3 Å². The van der Waals surface area contributed by atoms with Crippen LogP contribution in [0.1, 0.15) is 21.6 Å². The van der Waals surface area contributed by atoms with Crippen molar-refractivity contribution in [2.45, 2.75) is 18.7 Å². The summed E-state index contributed by atoms with van der Waals surface area (Å²) >= 11 is 0. The summed E-state index contributed by atoms with van der Waals surface area (Å²) in [6.07, 6.45) is 0. The third kappa shape index (κ3) is 2.71. The number of aromatic nitrogens is 1. The SMILES string of the molecule is Cc1cc2onc(C)c2cc1NS(=O)(=O)c1ccccc1C(=O)O. The average Bonchev–Trinajstić information content (AvgIpc) is 2.88. The first-order valence-corrected chi connectivity index (χ1v) is 8.49. The molecule has 2 aromatic carbocycles. The monoisotopic (exact) mass is 346 g/mol. The van der Waals surface area contributed by atoms with E-state index in [1.54, 1.807) is 26.0 Å². The highest BCUT2D eigenvalue weighted by atomic mass is 32.2. The number of aromatic carboxylic acids is 1. The molecule has 8 heteroatoms. The second kappa shape index (κ2) is 5.64. The van der Waals surface area contributed by atoms with E-state index in [4.69, 9.17) is 4.52 Å². The first kappa shape index (κ1) is 16.0. The van der Waals surface area contributed by atoms with Crippen molar-refractivity contribution in [3.8, 4) is 0 Å². The van der Waals surface area contributed by atoms with Crippen LogP contribution in [0.3, 0.4) is 0 Å². The predicted octanol–water partition coefficient (Wildman–Crippen LogP) is 2.94. The molecule has 0 saturated heterocycles. The van der Waals surface area contributed by atoms with Crippen molar-refractivity contribution in [3.63, 3.8) is 0 Å². The molecule has 0 atom stereocenters. The van der Waals surface area contributed by atoms with Crippen molar-refractivity contribution in [3.05, 3.63) is 53.2 Å². The zero-order valence-electron chi connectivity index (χ0n) is 12.9. The fourth-order valence-corrected chi connectivity index (χ4v) is 3.72. The Hall–Kier alpha value is -2.87. The van der Waals surface area contributed by atoms with Crippen molar-refractivity contribution < 1.29 is 22.8 Å². The van der Waals surface area contributed by atoms with Crippen molar-refractivity contribution in [2.75, 3.05) is 4.72 Å². The van der Waals surface area contributed by atoms with Gasteiger partial charge >= 0.3 is 5.97 Å². The minimum atomic E-state index is -4.06. The third-order valence-electron chi connectivity index (χ3n) is 3.65. The molecule has 124 valence electrons. The van der Waals surface area contributed by atoms with E-state index in [0.29, 0.717) is 27.9 Å². The average molecular weight is 346 g/mol. The van der Waals surface area contributed by atoms with E-state index in [-0.39, 0.29) is 10.5 Å². The van der Waals surface area contributed by atoms with Gasteiger partial charge in [0.1, 0.15) is 4.90 Å². The molecule has 0 amide bonds. The van der Waals surface area contributed by atoms with E-state index < -0.39 is 16.0 Å². The molecule has 1 heterocycles. The lowest BCUT2D eigenvalue weighted by Gasteiger charge is -2.12. The number of nitrogens with zero attached hydrogens (tertiary/aromatic N) is 1. The predicted molar refractivity (Wildman–Crippen MR) is 87.7 cm³/mol. The summed E-state index contributed by atoms with van der Waals surface area (Å²) in [4.78, 5) is 11.0. The molecular formula is C16H14N2O5S. The molecular weight excluding hydrogens is 332 g/mol. The van der Waals surface area contributed by atoms with Crippen LogP contribution >= 0.6 is 0 Å². The highest BCUT2D eigenvalue weighted by molar-refractivity contribution is 7.92. The number of rotatable bonds is 4. The molecule has 0 bridgehead atoms. The Kier molecular flexibility index (Phi) is 3.76. The Morgan fingerprint density at radius 3 is 2.62 bits per heavy atom. The summed E-state index contributed by atoms with van der Waals surface area (Å²) in [6, 6.07) is 8.75. The number of carbonyl (C=O) groups is 1. The van der Waals surface area contributed by atoms with Gasteiger partial charge in [0.05, 0.1) is 16.9 Å². The minimum absolute atomic E-state index is 0.287. The molecule has 1 aromatic heterocycles. The highest BCUT2D eigenvalue weighted by Crippen LogP contribution is 2.28. The number of carboxylic acid groups (broad SMARTS) is 1. The van der Waals surface area contributed by atoms with E-state index in [2.05, 4.69) is 9.88 Å². The van der Waals surface area contributed by atoms with Crippen molar-refractivity contribution in [1.82, 2.24) is 5.16 Å². The van der Waals surface area contributed by atoms with Gasteiger partial charge in [-0.2, -0.15) is 0 Å². The van der Waals surface area contributed by atoms with Gasteiger partial charge in [0.25, 0.3) is 10.0 Å². The van der Waals surface area contributed by atoms with Crippen LogP contribution in [0.5, 0.6) is 0 Å². The first-order chi connectivity index (χ1) is 11.3. The van der Waals surface area contributed by atoms with Crippen LogP contribution in [0.25, 0.3) is 11.0 Å². The van der Waals surface area contributed by atoms with Crippen LogP contribution < -0.4 is 4.72 Å². The van der Waals surface area contributed by atoms with E-state index >= 15 is 0 Å². The van der Waals surface area contributed by atoms with Gasteiger partial charge in [-0.05, 0) is 43.7 Å². The Bertz CT molecular complexity index is 1050. The van der Waals surface area contributed by atoms with Gasteiger partial charge in [-0.15, -0.1) is 0 Å². The van der Waals surface area contributed by atoms with Gasteiger partial charge in [-0.3, -0.25) is 4.72 Å². The van der Waals surface area contributed by atoms with Crippen LogP contribution in [-0.4, -0.2) is 24.7 Å². The molecule has 0 radical (unpaired) electrons. The molecule has 7 nitrogen and oxygen atoms in total. The number of carboxylic acids is 1. The molecule has 3 rings (SSSR count). The molecule has 2 N–H and O–H groups in total. The van der Waals surface area contributed by atoms with Crippen LogP contribution in [-0.2, 0) is 10.0 Å². The second-order valence-electron chi connectivity index (χ2n) is 5.34. The second-order valence-corrected chi connectivity index (χ2v) is 6.99.